The smallest absolute Gasteiger partial charge is 0.352 e. The van der Waals surface area contributed by atoms with E-state index in [1.54, 1.807) is 6.07 Å². The van der Waals surface area contributed by atoms with Gasteiger partial charge in [-0.05, 0) is 56.9 Å². The van der Waals surface area contributed by atoms with Crippen LogP contribution in [-0.4, -0.2) is 15.6 Å². The quantitative estimate of drug-likeness (QED) is 0.911. The predicted molar refractivity (Wildman–Crippen MR) is 79.3 cm³/mol. The molecule has 1 N–H and O–H groups in total. The molecule has 1 aliphatic rings. The molecule has 0 bridgehead atoms. The second-order valence-corrected chi connectivity index (χ2v) is 5.78. The molecule has 1 aromatic heterocycles. The van der Waals surface area contributed by atoms with Gasteiger partial charge >= 0.3 is 5.97 Å². The molecule has 1 aromatic carbocycles. The summed E-state index contributed by atoms with van der Waals surface area (Å²) in [5.41, 5.74) is 6.28. The van der Waals surface area contributed by atoms with Crippen LogP contribution in [0.3, 0.4) is 0 Å². The molecule has 0 amide bonds. The fourth-order valence-corrected chi connectivity index (χ4v) is 3.14. The van der Waals surface area contributed by atoms with Gasteiger partial charge in [-0.3, -0.25) is 0 Å². The van der Waals surface area contributed by atoms with Crippen molar-refractivity contribution in [3.63, 3.8) is 0 Å². The summed E-state index contributed by atoms with van der Waals surface area (Å²) in [6.45, 7) is 6.28. The Morgan fingerprint density at radius 3 is 2.25 bits per heavy atom. The molecule has 104 valence electrons. The molecule has 0 spiro atoms. The Morgan fingerprint density at radius 2 is 1.75 bits per heavy atom. The lowest BCUT2D eigenvalue weighted by Gasteiger charge is -2.15. The van der Waals surface area contributed by atoms with Gasteiger partial charge in [-0.15, -0.1) is 0 Å². The van der Waals surface area contributed by atoms with Gasteiger partial charge in [0.2, 0.25) is 0 Å². The molecule has 3 rings (SSSR count). The second kappa shape index (κ2) is 4.51. The molecule has 20 heavy (non-hydrogen) atoms. The van der Waals surface area contributed by atoms with Crippen molar-refractivity contribution in [1.82, 2.24) is 4.57 Å². The van der Waals surface area contributed by atoms with E-state index in [-0.39, 0.29) is 0 Å². The van der Waals surface area contributed by atoms with Gasteiger partial charge in [0.1, 0.15) is 5.69 Å². The lowest BCUT2D eigenvalue weighted by atomic mass is 9.97. The third kappa shape index (κ3) is 2.03. The highest BCUT2D eigenvalue weighted by Crippen LogP contribution is 2.41. The van der Waals surface area contributed by atoms with Crippen molar-refractivity contribution < 1.29 is 9.90 Å². The number of carbonyl (C=O) groups is 1. The SMILES string of the molecule is Cc1cc(C)c(-c2ccc(C(=O)O)n2C2CC2)c(C)c1. The van der Waals surface area contributed by atoms with Crippen LogP contribution >= 0.6 is 0 Å². The van der Waals surface area contributed by atoms with Gasteiger partial charge in [0.05, 0.1) is 0 Å². The van der Waals surface area contributed by atoms with E-state index in [1.807, 2.05) is 10.6 Å². The van der Waals surface area contributed by atoms with Crippen LogP contribution in [0.25, 0.3) is 11.3 Å². The number of benzene rings is 1. The Labute approximate surface area is 118 Å². The highest BCUT2D eigenvalue weighted by molar-refractivity contribution is 5.88. The van der Waals surface area contributed by atoms with Gasteiger partial charge < -0.3 is 9.67 Å². The molecule has 3 nitrogen and oxygen atoms in total. The Hall–Kier alpha value is -2.03. The minimum absolute atomic E-state index is 0.353. The minimum Gasteiger partial charge on any atom is -0.477 e. The Morgan fingerprint density at radius 1 is 1.15 bits per heavy atom. The molecule has 0 radical (unpaired) electrons. The van der Waals surface area contributed by atoms with E-state index in [4.69, 9.17) is 0 Å². The van der Waals surface area contributed by atoms with Crippen LogP contribution < -0.4 is 0 Å². The predicted octanol–water partition coefficient (Wildman–Crippen LogP) is 4.11. The Kier molecular flexibility index (Phi) is 2.93. The van der Waals surface area contributed by atoms with E-state index >= 15 is 0 Å². The maximum absolute atomic E-state index is 11.4. The van der Waals surface area contributed by atoms with Crippen molar-refractivity contribution >= 4 is 5.97 Å². The summed E-state index contributed by atoms with van der Waals surface area (Å²) in [5.74, 6) is -0.842. The van der Waals surface area contributed by atoms with Crippen molar-refractivity contribution in [3.05, 3.63) is 46.6 Å². The van der Waals surface area contributed by atoms with E-state index < -0.39 is 5.97 Å². The van der Waals surface area contributed by atoms with Gasteiger partial charge in [-0.2, -0.15) is 0 Å². The fraction of sp³-hybridized carbons (Fsp3) is 0.353. The number of aromatic nitrogens is 1. The van der Waals surface area contributed by atoms with Gasteiger partial charge in [0.25, 0.3) is 0 Å². The van der Waals surface area contributed by atoms with Gasteiger partial charge in [-0.25, -0.2) is 4.79 Å². The number of nitrogens with zero attached hydrogens (tertiary/aromatic N) is 1. The summed E-state index contributed by atoms with van der Waals surface area (Å²) >= 11 is 0. The van der Waals surface area contributed by atoms with E-state index in [2.05, 4.69) is 32.9 Å². The zero-order valence-electron chi connectivity index (χ0n) is 12.1. The first kappa shape index (κ1) is 13.0. The summed E-state index contributed by atoms with van der Waals surface area (Å²) in [5, 5.41) is 9.36. The first-order valence-corrected chi connectivity index (χ1v) is 7.02. The standard InChI is InChI=1S/C17H19NO2/c1-10-8-11(2)16(12(3)9-10)14-6-7-15(17(19)20)18(14)13-4-5-13/h6-9,13H,4-5H2,1-3H3,(H,19,20). The minimum atomic E-state index is -0.842. The molecule has 1 fully saturated rings. The maximum atomic E-state index is 11.4. The average Bonchev–Trinajstić information content (AvgIpc) is 3.08. The number of carboxylic acid groups (broad SMARTS) is 1. The first-order valence-electron chi connectivity index (χ1n) is 7.02. The molecule has 1 saturated carbocycles. The van der Waals surface area contributed by atoms with Crippen molar-refractivity contribution in [1.29, 1.82) is 0 Å². The molecule has 0 saturated heterocycles. The van der Waals surface area contributed by atoms with Gasteiger partial charge in [0, 0.05) is 17.3 Å². The average molecular weight is 269 g/mol. The normalized spacial score (nSPS) is 14.6. The molecule has 3 heteroatoms. The van der Waals surface area contributed by atoms with Gasteiger partial charge in [0.15, 0.2) is 0 Å². The molecular formula is C17H19NO2. The monoisotopic (exact) mass is 269 g/mol. The molecule has 0 aliphatic heterocycles. The number of hydrogen-bond acceptors (Lipinski definition) is 1. The van der Waals surface area contributed by atoms with Crippen molar-refractivity contribution in [2.75, 3.05) is 0 Å². The number of hydrogen-bond donors (Lipinski definition) is 1. The largest absolute Gasteiger partial charge is 0.477 e. The van der Waals surface area contributed by atoms with Crippen molar-refractivity contribution in [2.45, 2.75) is 39.7 Å². The lowest BCUT2D eigenvalue weighted by Crippen LogP contribution is -2.09. The van der Waals surface area contributed by atoms with Crippen LogP contribution in [0.1, 0.15) is 46.1 Å². The number of aromatic carboxylic acids is 1. The molecule has 2 aromatic rings. The third-order valence-corrected chi connectivity index (χ3v) is 3.98. The summed E-state index contributed by atoms with van der Waals surface area (Å²) < 4.78 is 2.01. The number of aryl methyl sites for hydroxylation is 3. The first-order chi connectivity index (χ1) is 9.49. The van der Waals surface area contributed by atoms with E-state index in [9.17, 15) is 9.90 Å². The summed E-state index contributed by atoms with van der Waals surface area (Å²) in [4.78, 5) is 11.4. The second-order valence-electron chi connectivity index (χ2n) is 5.78. The van der Waals surface area contributed by atoms with Gasteiger partial charge in [-0.1, -0.05) is 17.7 Å². The Bertz CT molecular complexity index is 670. The summed E-state index contributed by atoms with van der Waals surface area (Å²) in [6.07, 6.45) is 2.15. The highest BCUT2D eigenvalue weighted by atomic mass is 16.4. The third-order valence-electron chi connectivity index (χ3n) is 3.98. The maximum Gasteiger partial charge on any atom is 0.352 e. The number of carboxylic acids is 1. The zero-order valence-corrected chi connectivity index (χ0v) is 12.1. The molecule has 0 atom stereocenters. The molecule has 1 heterocycles. The summed E-state index contributed by atoms with van der Waals surface area (Å²) in [7, 11) is 0. The molecule has 0 unspecified atom stereocenters. The van der Waals surface area contributed by atoms with Crippen LogP contribution in [0.15, 0.2) is 24.3 Å². The van der Waals surface area contributed by atoms with Crippen molar-refractivity contribution in [3.8, 4) is 11.3 Å². The van der Waals surface area contributed by atoms with E-state index in [0.717, 1.165) is 18.5 Å². The zero-order chi connectivity index (χ0) is 14.4. The van der Waals surface area contributed by atoms with Crippen molar-refractivity contribution in [2.24, 2.45) is 0 Å². The molecule has 1 aliphatic carbocycles. The van der Waals surface area contributed by atoms with Crippen LogP contribution in [0.2, 0.25) is 0 Å². The lowest BCUT2D eigenvalue weighted by molar-refractivity contribution is 0.0685. The number of rotatable bonds is 3. The fourth-order valence-electron chi connectivity index (χ4n) is 3.14. The topological polar surface area (TPSA) is 42.2 Å². The molecular weight excluding hydrogens is 250 g/mol. The van der Waals surface area contributed by atoms with Crippen LogP contribution in [0, 0.1) is 20.8 Å². The van der Waals surface area contributed by atoms with Crippen LogP contribution in [0.4, 0.5) is 0 Å². The van der Waals surface area contributed by atoms with E-state index in [0.29, 0.717) is 11.7 Å². The highest BCUT2D eigenvalue weighted by Gasteiger charge is 2.30. The Balaban J connectivity index is 2.23. The van der Waals surface area contributed by atoms with Crippen LogP contribution in [0.5, 0.6) is 0 Å². The summed E-state index contributed by atoms with van der Waals surface area (Å²) in [6, 6.07) is 8.35. The van der Waals surface area contributed by atoms with E-state index in [1.165, 1.54) is 22.3 Å². The van der Waals surface area contributed by atoms with Crippen LogP contribution in [-0.2, 0) is 0 Å².